The van der Waals surface area contributed by atoms with Gasteiger partial charge in [0.05, 0.1) is 0 Å². The maximum absolute atomic E-state index is 6.79. The summed E-state index contributed by atoms with van der Waals surface area (Å²) in [7, 11) is 0. The fourth-order valence-corrected chi connectivity index (χ4v) is 5.22. The molecule has 0 heterocycles. The van der Waals surface area contributed by atoms with E-state index >= 15 is 0 Å². The summed E-state index contributed by atoms with van der Waals surface area (Å²) in [5.41, 5.74) is 1.17. The third-order valence-corrected chi connectivity index (χ3v) is 7.00. The summed E-state index contributed by atoms with van der Waals surface area (Å²) in [6, 6.07) is 43.9. The van der Waals surface area contributed by atoms with E-state index in [1.54, 1.807) is 0 Å². The van der Waals surface area contributed by atoms with Gasteiger partial charge in [0, 0.05) is 32.3 Å². The molecule has 0 saturated heterocycles. The van der Waals surface area contributed by atoms with E-state index in [1.807, 2.05) is 24.3 Å². The van der Waals surface area contributed by atoms with E-state index < -0.39 is 0 Å². The molecule has 0 spiro atoms. The molecule has 0 unspecified atom stereocenters. The van der Waals surface area contributed by atoms with Crippen LogP contribution < -0.4 is 9.47 Å². The second-order valence-corrected chi connectivity index (χ2v) is 9.41. The number of ether oxygens (including phenoxy) is 2. The van der Waals surface area contributed by atoms with Crippen molar-refractivity contribution in [3.8, 4) is 23.0 Å². The molecule has 7 rings (SSSR count). The maximum Gasteiger partial charge on any atom is 0.143 e. The van der Waals surface area contributed by atoms with E-state index in [4.69, 9.17) is 9.47 Å². The van der Waals surface area contributed by atoms with E-state index in [1.165, 1.54) is 5.56 Å². The fourth-order valence-electron chi connectivity index (χ4n) is 5.22. The summed E-state index contributed by atoms with van der Waals surface area (Å²) in [5.74, 6) is 3.37. The van der Waals surface area contributed by atoms with Crippen LogP contribution in [0.4, 0.5) is 0 Å². The number of benzene rings is 7. The van der Waals surface area contributed by atoms with Crippen LogP contribution in [0.25, 0.3) is 43.1 Å². The molecule has 0 saturated carbocycles. The summed E-state index contributed by atoms with van der Waals surface area (Å²) in [4.78, 5) is 0. The van der Waals surface area contributed by atoms with Gasteiger partial charge in [0.2, 0.25) is 0 Å². The molecule has 37 heavy (non-hydrogen) atoms. The molecule has 2 nitrogen and oxygen atoms in total. The second kappa shape index (κ2) is 8.69. The molecule has 7 aromatic rings. The molecule has 0 fully saturated rings. The van der Waals surface area contributed by atoms with Crippen LogP contribution in [0.3, 0.4) is 0 Å². The zero-order valence-electron chi connectivity index (χ0n) is 20.4. The number of fused-ring (bicyclic) bond motifs is 4. The third-order valence-electron chi connectivity index (χ3n) is 7.00. The summed E-state index contributed by atoms with van der Waals surface area (Å²) in [6.45, 7) is 2.11. The van der Waals surface area contributed by atoms with Crippen molar-refractivity contribution in [1.29, 1.82) is 0 Å². The van der Waals surface area contributed by atoms with Crippen LogP contribution >= 0.6 is 0 Å². The molecule has 0 bridgehead atoms. The Bertz CT molecular complexity index is 1940. The highest BCUT2D eigenvalue weighted by molar-refractivity contribution is 6.12. The Kier molecular flexibility index (Phi) is 5.04. The van der Waals surface area contributed by atoms with Gasteiger partial charge in [0.1, 0.15) is 23.0 Å². The first-order chi connectivity index (χ1) is 18.3. The molecule has 2 heteroatoms. The van der Waals surface area contributed by atoms with Gasteiger partial charge in [-0.05, 0) is 35.9 Å². The molecule has 0 aliphatic carbocycles. The molecular weight excluding hydrogens is 452 g/mol. The lowest BCUT2D eigenvalue weighted by Crippen LogP contribution is -1.94. The van der Waals surface area contributed by atoms with Crippen LogP contribution in [0.15, 0.2) is 127 Å². The Morgan fingerprint density at radius 2 is 0.811 bits per heavy atom. The molecule has 0 atom stereocenters. The molecule has 0 aromatic heterocycles. The van der Waals surface area contributed by atoms with E-state index in [0.29, 0.717) is 0 Å². The lowest BCUT2D eigenvalue weighted by Gasteiger charge is -2.19. The van der Waals surface area contributed by atoms with Crippen LogP contribution in [-0.2, 0) is 0 Å². The first-order valence-corrected chi connectivity index (χ1v) is 12.5. The molecule has 0 radical (unpaired) electrons. The van der Waals surface area contributed by atoms with Gasteiger partial charge in [-0.1, -0.05) is 115 Å². The van der Waals surface area contributed by atoms with Crippen LogP contribution in [0.2, 0.25) is 0 Å². The Morgan fingerprint density at radius 3 is 1.38 bits per heavy atom. The molecule has 0 aliphatic rings. The van der Waals surface area contributed by atoms with Crippen molar-refractivity contribution in [2.45, 2.75) is 6.92 Å². The Hall–Kier alpha value is -4.82. The van der Waals surface area contributed by atoms with Gasteiger partial charge in [0.25, 0.3) is 0 Å². The normalized spacial score (nSPS) is 11.4. The van der Waals surface area contributed by atoms with Gasteiger partial charge >= 0.3 is 0 Å². The van der Waals surface area contributed by atoms with Crippen molar-refractivity contribution in [1.82, 2.24) is 0 Å². The van der Waals surface area contributed by atoms with Gasteiger partial charge in [-0.3, -0.25) is 0 Å². The van der Waals surface area contributed by atoms with Crippen LogP contribution in [0.1, 0.15) is 5.56 Å². The standard InChI is InChI=1S/C35H24O2/c1-23-20-21-30-31(22-23)35(37-33-19-9-13-25-11-3-5-15-27(25)33)29-17-7-6-16-28(29)34(30)36-32-18-8-12-24-10-2-4-14-26(24)32/h2-22H,1H3. The third kappa shape index (κ3) is 3.66. The quantitative estimate of drug-likeness (QED) is 0.235. The molecular formula is C35H24O2. The zero-order valence-corrected chi connectivity index (χ0v) is 20.4. The number of hydrogen-bond donors (Lipinski definition) is 0. The van der Waals surface area contributed by atoms with Crippen LogP contribution in [-0.4, -0.2) is 0 Å². The Morgan fingerprint density at radius 1 is 0.378 bits per heavy atom. The minimum atomic E-state index is 0.840. The van der Waals surface area contributed by atoms with E-state index in [0.717, 1.165) is 66.1 Å². The average molecular weight is 477 g/mol. The highest BCUT2D eigenvalue weighted by Crippen LogP contribution is 2.47. The first-order valence-electron chi connectivity index (χ1n) is 12.5. The number of aryl methyl sites for hydroxylation is 1. The maximum atomic E-state index is 6.79. The molecule has 0 N–H and O–H groups in total. The van der Waals surface area contributed by atoms with Crippen molar-refractivity contribution in [3.63, 3.8) is 0 Å². The van der Waals surface area contributed by atoms with E-state index in [2.05, 4.69) is 110 Å². The fraction of sp³-hybridized carbons (Fsp3) is 0.0286. The SMILES string of the molecule is Cc1ccc2c(Oc3cccc4ccccc34)c3ccccc3c(Oc3cccc4ccccc34)c2c1. The van der Waals surface area contributed by atoms with E-state index in [9.17, 15) is 0 Å². The minimum absolute atomic E-state index is 0.840. The molecule has 0 amide bonds. The topological polar surface area (TPSA) is 18.5 Å². The monoisotopic (exact) mass is 476 g/mol. The lowest BCUT2D eigenvalue weighted by molar-refractivity contribution is 0.491. The molecule has 0 aliphatic heterocycles. The van der Waals surface area contributed by atoms with Crippen molar-refractivity contribution in [2.75, 3.05) is 0 Å². The predicted molar refractivity (Wildman–Crippen MR) is 154 cm³/mol. The van der Waals surface area contributed by atoms with E-state index in [-0.39, 0.29) is 0 Å². The smallest absolute Gasteiger partial charge is 0.143 e. The molecule has 176 valence electrons. The van der Waals surface area contributed by atoms with Gasteiger partial charge < -0.3 is 9.47 Å². The summed E-state index contributed by atoms with van der Waals surface area (Å²) >= 11 is 0. The van der Waals surface area contributed by atoms with Gasteiger partial charge in [-0.15, -0.1) is 0 Å². The summed E-state index contributed by atoms with van der Waals surface area (Å²) < 4.78 is 13.6. The van der Waals surface area contributed by atoms with Gasteiger partial charge in [-0.25, -0.2) is 0 Å². The number of hydrogen-bond acceptors (Lipinski definition) is 2. The van der Waals surface area contributed by atoms with Crippen molar-refractivity contribution >= 4 is 43.1 Å². The van der Waals surface area contributed by atoms with Gasteiger partial charge in [-0.2, -0.15) is 0 Å². The van der Waals surface area contributed by atoms with Crippen LogP contribution in [0.5, 0.6) is 23.0 Å². The predicted octanol–water partition coefficient (Wildman–Crippen LogP) is 10.2. The minimum Gasteiger partial charge on any atom is -0.455 e. The average Bonchev–Trinajstić information content (AvgIpc) is 2.95. The zero-order chi connectivity index (χ0) is 24.8. The second-order valence-electron chi connectivity index (χ2n) is 9.41. The largest absolute Gasteiger partial charge is 0.455 e. The molecule has 7 aromatic carbocycles. The summed E-state index contributed by atoms with van der Waals surface area (Å²) in [6.07, 6.45) is 0. The highest BCUT2D eigenvalue weighted by atomic mass is 16.5. The van der Waals surface area contributed by atoms with Crippen molar-refractivity contribution in [3.05, 3.63) is 133 Å². The van der Waals surface area contributed by atoms with Gasteiger partial charge in [0.15, 0.2) is 0 Å². The lowest BCUT2D eigenvalue weighted by atomic mass is 9.98. The highest BCUT2D eigenvalue weighted by Gasteiger charge is 2.19. The summed E-state index contributed by atoms with van der Waals surface area (Å²) in [5, 5.41) is 8.57. The Balaban J connectivity index is 1.49. The van der Waals surface area contributed by atoms with Crippen molar-refractivity contribution in [2.24, 2.45) is 0 Å². The van der Waals surface area contributed by atoms with Crippen LogP contribution in [0, 0.1) is 6.92 Å². The van der Waals surface area contributed by atoms with Crippen molar-refractivity contribution < 1.29 is 9.47 Å². The number of rotatable bonds is 4. The first kappa shape index (κ1) is 21.5. The Labute approximate surface area is 215 Å².